The minimum atomic E-state index is 0.517. The molecular weight excluding hydrogens is 234 g/mol. The van der Waals surface area contributed by atoms with Gasteiger partial charge in [-0.25, -0.2) is 4.98 Å². The Bertz CT molecular complexity index is 401. The van der Waals surface area contributed by atoms with Crippen LogP contribution in [-0.2, 0) is 6.54 Å². The van der Waals surface area contributed by atoms with E-state index in [1.807, 2.05) is 12.1 Å². The van der Waals surface area contributed by atoms with Crippen LogP contribution in [0.5, 0.6) is 0 Å². The van der Waals surface area contributed by atoms with Crippen molar-refractivity contribution in [3.8, 4) is 6.07 Å². The van der Waals surface area contributed by atoms with Gasteiger partial charge in [-0.3, -0.25) is 4.90 Å². The van der Waals surface area contributed by atoms with E-state index in [2.05, 4.69) is 36.7 Å². The highest BCUT2D eigenvalue weighted by Gasteiger charge is 2.15. The Morgan fingerprint density at radius 2 is 2.00 bits per heavy atom. The summed E-state index contributed by atoms with van der Waals surface area (Å²) in [5, 5.41) is 8.78. The first kappa shape index (κ1) is 15.7. The molecule has 1 aromatic rings. The van der Waals surface area contributed by atoms with Crippen LogP contribution in [0.15, 0.2) is 18.3 Å². The van der Waals surface area contributed by atoms with Crippen LogP contribution in [0.1, 0.15) is 51.3 Å². The molecule has 0 N–H and O–H groups in total. The molecule has 1 aliphatic heterocycles. The SMILES string of the molecule is CC1CCN(Cc2ccnc(C#N)c2)CC1.CCC. The number of nitrogens with zero attached hydrogens (tertiary/aromatic N) is 3. The lowest BCUT2D eigenvalue weighted by Crippen LogP contribution is -2.32. The van der Waals surface area contributed by atoms with E-state index >= 15 is 0 Å². The second kappa shape index (κ2) is 8.66. The van der Waals surface area contributed by atoms with Crippen molar-refractivity contribution < 1.29 is 0 Å². The van der Waals surface area contributed by atoms with Crippen molar-refractivity contribution in [1.29, 1.82) is 5.26 Å². The quantitative estimate of drug-likeness (QED) is 0.814. The molecule has 2 heterocycles. The summed E-state index contributed by atoms with van der Waals surface area (Å²) in [4.78, 5) is 6.44. The summed E-state index contributed by atoms with van der Waals surface area (Å²) in [5.74, 6) is 0.864. The maximum atomic E-state index is 8.78. The summed E-state index contributed by atoms with van der Waals surface area (Å²) < 4.78 is 0. The third-order valence-corrected chi connectivity index (χ3v) is 3.22. The predicted octanol–water partition coefficient (Wildman–Crippen LogP) is 3.60. The van der Waals surface area contributed by atoms with Crippen molar-refractivity contribution in [3.63, 3.8) is 0 Å². The zero-order valence-electron chi connectivity index (χ0n) is 12.4. The maximum absolute atomic E-state index is 8.78. The summed E-state index contributed by atoms with van der Waals surface area (Å²) in [6, 6.07) is 5.97. The smallest absolute Gasteiger partial charge is 0.140 e. The molecule has 0 aliphatic carbocycles. The fraction of sp³-hybridized carbons (Fsp3) is 0.625. The minimum absolute atomic E-state index is 0.517. The summed E-state index contributed by atoms with van der Waals surface area (Å²) in [6.45, 7) is 9.86. The Hall–Kier alpha value is -1.40. The van der Waals surface area contributed by atoms with E-state index in [0.29, 0.717) is 5.69 Å². The van der Waals surface area contributed by atoms with E-state index in [4.69, 9.17) is 5.26 Å². The first-order valence-electron chi connectivity index (χ1n) is 7.27. The molecule has 1 fully saturated rings. The van der Waals surface area contributed by atoms with Gasteiger partial charge in [0.1, 0.15) is 11.8 Å². The van der Waals surface area contributed by atoms with Gasteiger partial charge in [0.25, 0.3) is 0 Å². The van der Waals surface area contributed by atoms with Gasteiger partial charge < -0.3 is 0 Å². The van der Waals surface area contributed by atoms with Crippen LogP contribution in [0.4, 0.5) is 0 Å². The largest absolute Gasteiger partial charge is 0.299 e. The van der Waals surface area contributed by atoms with Crippen molar-refractivity contribution >= 4 is 0 Å². The Morgan fingerprint density at radius 3 is 2.58 bits per heavy atom. The maximum Gasteiger partial charge on any atom is 0.140 e. The van der Waals surface area contributed by atoms with Crippen molar-refractivity contribution in [2.75, 3.05) is 13.1 Å². The second-order valence-corrected chi connectivity index (χ2v) is 5.33. The van der Waals surface area contributed by atoms with Crippen LogP contribution in [-0.4, -0.2) is 23.0 Å². The first-order valence-corrected chi connectivity index (χ1v) is 7.27. The first-order chi connectivity index (χ1) is 9.19. The molecule has 0 saturated carbocycles. The molecule has 3 nitrogen and oxygen atoms in total. The molecule has 2 rings (SSSR count). The summed E-state index contributed by atoms with van der Waals surface area (Å²) in [5.41, 5.74) is 1.71. The standard InChI is InChI=1S/C13H17N3.C3H8/c1-11-3-6-16(7-4-11)10-12-2-5-15-13(8-12)9-14;1-3-2/h2,5,8,11H,3-4,6-7,10H2,1H3;3H2,1-2H3. The fourth-order valence-electron chi connectivity index (χ4n) is 2.11. The topological polar surface area (TPSA) is 39.9 Å². The van der Waals surface area contributed by atoms with Crippen LogP contribution >= 0.6 is 0 Å². The average molecular weight is 259 g/mol. The minimum Gasteiger partial charge on any atom is -0.299 e. The summed E-state index contributed by atoms with van der Waals surface area (Å²) >= 11 is 0. The van der Waals surface area contributed by atoms with Crippen molar-refractivity contribution in [2.24, 2.45) is 5.92 Å². The molecule has 0 unspecified atom stereocenters. The molecule has 0 bridgehead atoms. The highest BCUT2D eigenvalue weighted by atomic mass is 15.1. The van der Waals surface area contributed by atoms with Gasteiger partial charge in [-0.2, -0.15) is 5.26 Å². The number of hydrogen-bond acceptors (Lipinski definition) is 3. The lowest BCUT2D eigenvalue weighted by Gasteiger charge is -2.30. The van der Waals surface area contributed by atoms with Gasteiger partial charge in [-0.15, -0.1) is 0 Å². The molecule has 3 heteroatoms. The van der Waals surface area contributed by atoms with E-state index in [1.165, 1.54) is 37.9 Å². The number of piperidine rings is 1. The van der Waals surface area contributed by atoms with Gasteiger partial charge >= 0.3 is 0 Å². The highest BCUT2D eigenvalue weighted by Crippen LogP contribution is 2.17. The number of nitriles is 1. The van der Waals surface area contributed by atoms with E-state index in [-0.39, 0.29) is 0 Å². The normalized spacial score (nSPS) is 16.3. The molecule has 19 heavy (non-hydrogen) atoms. The summed E-state index contributed by atoms with van der Waals surface area (Å²) in [7, 11) is 0. The fourth-order valence-corrected chi connectivity index (χ4v) is 2.11. The van der Waals surface area contributed by atoms with Gasteiger partial charge in [0.05, 0.1) is 0 Å². The average Bonchev–Trinajstić information content (AvgIpc) is 2.43. The number of pyridine rings is 1. The zero-order chi connectivity index (χ0) is 14.1. The third kappa shape index (κ3) is 5.85. The van der Waals surface area contributed by atoms with Crippen molar-refractivity contribution in [3.05, 3.63) is 29.6 Å². The number of aromatic nitrogens is 1. The van der Waals surface area contributed by atoms with E-state index in [0.717, 1.165) is 12.5 Å². The predicted molar refractivity (Wildman–Crippen MR) is 78.6 cm³/mol. The number of hydrogen-bond donors (Lipinski definition) is 0. The Balaban J connectivity index is 0.000000550. The van der Waals surface area contributed by atoms with Crippen molar-refractivity contribution in [2.45, 2.75) is 46.6 Å². The second-order valence-electron chi connectivity index (χ2n) is 5.33. The monoisotopic (exact) mass is 259 g/mol. The van der Waals surface area contributed by atoms with Crippen LogP contribution in [0.3, 0.4) is 0 Å². The molecule has 0 spiro atoms. The highest BCUT2D eigenvalue weighted by molar-refractivity contribution is 5.25. The van der Waals surface area contributed by atoms with Crippen LogP contribution in [0, 0.1) is 17.2 Å². The molecule has 104 valence electrons. The molecule has 0 aromatic carbocycles. The van der Waals surface area contributed by atoms with Crippen LogP contribution < -0.4 is 0 Å². The molecular formula is C16H25N3. The lowest BCUT2D eigenvalue weighted by molar-refractivity contribution is 0.185. The van der Waals surface area contributed by atoms with Gasteiger partial charge in [-0.05, 0) is 49.5 Å². The number of rotatable bonds is 2. The van der Waals surface area contributed by atoms with E-state index in [1.54, 1.807) is 6.20 Å². The Labute approximate surface area is 117 Å². The molecule has 0 amide bonds. The van der Waals surface area contributed by atoms with Crippen LogP contribution in [0.25, 0.3) is 0 Å². The molecule has 0 atom stereocenters. The summed E-state index contributed by atoms with van der Waals surface area (Å²) in [6.07, 6.45) is 5.55. The molecule has 1 saturated heterocycles. The zero-order valence-corrected chi connectivity index (χ0v) is 12.4. The van der Waals surface area contributed by atoms with Crippen molar-refractivity contribution in [1.82, 2.24) is 9.88 Å². The van der Waals surface area contributed by atoms with Gasteiger partial charge in [0, 0.05) is 12.7 Å². The van der Waals surface area contributed by atoms with Gasteiger partial charge in [0.15, 0.2) is 0 Å². The third-order valence-electron chi connectivity index (χ3n) is 3.22. The molecule has 0 radical (unpaired) electrons. The van der Waals surface area contributed by atoms with Gasteiger partial charge in [0.2, 0.25) is 0 Å². The molecule has 1 aliphatic rings. The Kier molecular flexibility index (Phi) is 7.14. The molecule has 1 aromatic heterocycles. The van der Waals surface area contributed by atoms with Gasteiger partial charge in [-0.1, -0.05) is 27.2 Å². The Morgan fingerprint density at radius 1 is 1.37 bits per heavy atom. The van der Waals surface area contributed by atoms with Crippen LogP contribution in [0.2, 0.25) is 0 Å². The van der Waals surface area contributed by atoms with E-state index < -0.39 is 0 Å². The van der Waals surface area contributed by atoms with E-state index in [9.17, 15) is 0 Å². The lowest BCUT2D eigenvalue weighted by atomic mass is 9.99. The number of likely N-dealkylation sites (tertiary alicyclic amines) is 1.